The molecule has 1 amide bonds. The normalized spacial score (nSPS) is 17.7. The number of anilines is 1. The third-order valence-electron chi connectivity index (χ3n) is 5.19. The molecule has 7 nitrogen and oxygen atoms in total. The maximum absolute atomic E-state index is 12.9. The SMILES string of the molecule is CC1CCCCN1S(=O)(=O)c1ccc(C(=O)NCc2ccc(N(C)C)nc2)cc1. The van der Waals surface area contributed by atoms with Gasteiger partial charge in [0.2, 0.25) is 10.0 Å². The first-order chi connectivity index (χ1) is 13.8. The predicted molar refractivity (Wildman–Crippen MR) is 113 cm³/mol. The number of piperidine rings is 1. The molecule has 1 unspecified atom stereocenters. The van der Waals surface area contributed by atoms with Gasteiger partial charge >= 0.3 is 0 Å². The first kappa shape index (κ1) is 21.3. The zero-order valence-corrected chi connectivity index (χ0v) is 17.9. The summed E-state index contributed by atoms with van der Waals surface area (Å²) < 4.78 is 27.3. The summed E-state index contributed by atoms with van der Waals surface area (Å²) in [6.07, 6.45) is 4.54. The van der Waals surface area contributed by atoms with Crippen molar-refractivity contribution in [2.45, 2.75) is 43.7 Å². The molecule has 1 atom stereocenters. The zero-order valence-electron chi connectivity index (χ0n) is 17.1. The van der Waals surface area contributed by atoms with Crippen molar-refractivity contribution in [1.29, 1.82) is 0 Å². The van der Waals surface area contributed by atoms with Crippen LogP contribution in [0.25, 0.3) is 0 Å². The number of nitrogens with one attached hydrogen (secondary N) is 1. The lowest BCUT2D eigenvalue weighted by molar-refractivity contribution is 0.0950. The van der Waals surface area contributed by atoms with Crippen molar-refractivity contribution in [2.75, 3.05) is 25.5 Å². The van der Waals surface area contributed by atoms with Gasteiger partial charge in [-0.15, -0.1) is 0 Å². The summed E-state index contributed by atoms with van der Waals surface area (Å²) in [7, 11) is 0.302. The number of hydrogen-bond acceptors (Lipinski definition) is 5. The van der Waals surface area contributed by atoms with Gasteiger partial charge in [-0.3, -0.25) is 4.79 Å². The van der Waals surface area contributed by atoms with Gasteiger partial charge in [0.15, 0.2) is 0 Å². The monoisotopic (exact) mass is 416 g/mol. The molecular formula is C21H28N4O3S. The van der Waals surface area contributed by atoms with Crippen LogP contribution in [-0.2, 0) is 16.6 Å². The molecule has 156 valence electrons. The van der Waals surface area contributed by atoms with Gasteiger partial charge in [0.25, 0.3) is 5.91 Å². The van der Waals surface area contributed by atoms with Gasteiger partial charge in [-0.2, -0.15) is 4.31 Å². The second kappa shape index (κ2) is 8.92. The van der Waals surface area contributed by atoms with E-state index in [1.165, 1.54) is 12.1 Å². The van der Waals surface area contributed by atoms with Crippen LogP contribution in [0.1, 0.15) is 42.1 Å². The van der Waals surface area contributed by atoms with Crippen molar-refractivity contribution < 1.29 is 13.2 Å². The number of pyridine rings is 1. The van der Waals surface area contributed by atoms with Crippen LogP contribution in [0.5, 0.6) is 0 Å². The van der Waals surface area contributed by atoms with Gasteiger partial charge < -0.3 is 10.2 Å². The van der Waals surface area contributed by atoms with Crippen molar-refractivity contribution in [1.82, 2.24) is 14.6 Å². The Kier molecular flexibility index (Phi) is 6.54. The van der Waals surface area contributed by atoms with E-state index >= 15 is 0 Å². The largest absolute Gasteiger partial charge is 0.363 e. The Morgan fingerprint density at radius 1 is 1.17 bits per heavy atom. The summed E-state index contributed by atoms with van der Waals surface area (Å²) in [5, 5.41) is 2.84. The average Bonchev–Trinajstić information content (AvgIpc) is 2.72. The molecule has 1 saturated heterocycles. The fourth-order valence-corrected chi connectivity index (χ4v) is 5.11. The minimum atomic E-state index is -3.53. The molecule has 0 aliphatic carbocycles. The summed E-state index contributed by atoms with van der Waals surface area (Å²) in [5.74, 6) is 0.594. The molecule has 0 radical (unpaired) electrons. The third-order valence-corrected chi connectivity index (χ3v) is 7.21. The van der Waals surface area contributed by atoms with Gasteiger partial charge in [-0.05, 0) is 55.7 Å². The van der Waals surface area contributed by atoms with Crippen LogP contribution < -0.4 is 10.2 Å². The maximum Gasteiger partial charge on any atom is 0.251 e. The highest BCUT2D eigenvalue weighted by Crippen LogP contribution is 2.25. The molecule has 3 rings (SSSR count). The van der Waals surface area contributed by atoms with Gasteiger partial charge in [0.1, 0.15) is 5.82 Å². The molecule has 2 heterocycles. The zero-order chi connectivity index (χ0) is 21.0. The van der Waals surface area contributed by atoms with E-state index in [4.69, 9.17) is 0 Å². The Hall–Kier alpha value is -2.45. The maximum atomic E-state index is 12.9. The smallest absolute Gasteiger partial charge is 0.251 e. The Bertz CT molecular complexity index is 941. The average molecular weight is 417 g/mol. The van der Waals surface area contributed by atoms with Crippen LogP contribution in [-0.4, -0.2) is 50.3 Å². The van der Waals surface area contributed by atoms with Crippen LogP contribution in [0.15, 0.2) is 47.5 Å². The van der Waals surface area contributed by atoms with Crippen LogP contribution >= 0.6 is 0 Å². The van der Waals surface area contributed by atoms with Gasteiger partial charge in [0.05, 0.1) is 4.90 Å². The van der Waals surface area contributed by atoms with E-state index in [0.717, 1.165) is 30.6 Å². The number of hydrogen-bond donors (Lipinski definition) is 1. The van der Waals surface area contributed by atoms with Crippen molar-refractivity contribution in [3.05, 3.63) is 53.7 Å². The minimum absolute atomic E-state index is 0.00391. The van der Waals surface area contributed by atoms with Crippen molar-refractivity contribution >= 4 is 21.7 Å². The van der Waals surface area contributed by atoms with Crippen LogP contribution in [0.2, 0.25) is 0 Å². The Labute approximate surface area is 172 Å². The number of amides is 1. The summed E-state index contributed by atoms with van der Waals surface area (Å²) in [6, 6.07) is 9.96. The number of sulfonamides is 1. The van der Waals surface area contributed by atoms with Crippen LogP contribution in [0.3, 0.4) is 0 Å². The van der Waals surface area contributed by atoms with Gasteiger partial charge in [-0.1, -0.05) is 12.5 Å². The second-order valence-corrected chi connectivity index (χ2v) is 9.48. The summed E-state index contributed by atoms with van der Waals surface area (Å²) in [6.45, 7) is 2.84. The van der Waals surface area contributed by atoms with E-state index in [1.807, 2.05) is 38.1 Å². The molecule has 0 bridgehead atoms. The molecule has 1 aliphatic heterocycles. The fraction of sp³-hybridized carbons (Fsp3) is 0.429. The first-order valence-corrected chi connectivity index (χ1v) is 11.3. The number of carbonyl (C=O) groups is 1. The summed E-state index contributed by atoms with van der Waals surface area (Å²) in [4.78, 5) is 18.9. The first-order valence-electron chi connectivity index (χ1n) is 9.81. The molecule has 0 spiro atoms. The van der Waals surface area contributed by atoms with Gasteiger partial charge in [0, 0.05) is 45.0 Å². The molecule has 29 heavy (non-hydrogen) atoms. The van der Waals surface area contributed by atoms with E-state index < -0.39 is 10.0 Å². The number of carbonyl (C=O) groups excluding carboxylic acids is 1. The molecule has 1 fully saturated rings. The van der Waals surface area contributed by atoms with Crippen molar-refractivity contribution in [3.8, 4) is 0 Å². The number of aromatic nitrogens is 1. The van der Waals surface area contributed by atoms with Crippen molar-refractivity contribution in [3.63, 3.8) is 0 Å². The minimum Gasteiger partial charge on any atom is -0.363 e. The Morgan fingerprint density at radius 3 is 2.48 bits per heavy atom. The Balaban J connectivity index is 1.64. The molecular weight excluding hydrogens is 388 g/mol. The number of nitrogens with zero attached hydrogens (tertiary/aromatic N) is 3. The van der Waals surface area contributed by atoms with E-state index in [-0.39, 0.29) is 16.8 Å². The molecule has 1 aromatic heterocycles. The highest BCUT2D eigenvalue weighted by atomic mass is 32.2. The van der Waals surface area contributed by atoms with E-state index in [9.17, 15) is 13.2 Å². The van der Waals surface area contributed by atoms with E-state index in [0.29, 0.717) is 18.7 Å². The highest BCUT2D eigenvalue weighted by molar-refractivity contribution is 7.89. The standard InChI is InChI=1S/C21H28N4O3S/c1-16-6-4-5-13-25(16)29(27,28)19-10-8-18(9-11-19)21(26)23-15-17-7-12-20(22-14-17)24(2)3/h7-12,14,16H,4-6,13,15H2,1-3H3,(H,23,26). The van der Waals surface area contributed by atoms with E-state index in [1.54, 1.807) is 22.6 Å². The summed E-state index contributed by atoms with van der Waals surface area (Å²) >= 11 is 0. The lowest BCUT2D eigenvalue weighted by Crippen LogP contribution is -2.41. The third kappa shape index (κ3) is 4.94. The highest BCUT2D eigenvalue weighted by Gasteiger charge is 2.30. The molecule has 1 N–H and O–H groups in total. The topological polar surface area (TPSA) is 82.6 Å². The Morgan fingerprint density at radius 2 is 1.90 bits per heavy atom. The van der Waals surface area contributed by atoms with Crippen LogP contribution in [0, 0.1) is 0 Å². The molecule has 1 aromatic carbocycles. The van der Waals surface area contributed by atoms with E-state index in [2.05, 4.69) is 10.3 Å². The lowest BCUT2D eigenvalue weighted by atomic mass is 10.1. The lowest BCUT2D eigenvalue weighted by Gasteiger charge is -2.32. The summed E-state index contributed by atoms with van der Waals surface area (Å²) in [5.41, 5.74) is 1.32. The fourth-order valence-electron chi connectivity index (χ4n) is 3.41. The molecule has 2 aromatic rings. The predicted octanol–water partition coefficient (Wildman–Crippen LogP) is 2.64. The molecule has 1 aliphatic rings. The molecule has 8 heteroatoms. The van der Waals surface area contributed by atoms with Gasteiger partial charge in [-0.25, -0.2) is 13.4 Å². The quantitative estimate of drug-likeness (QED) is 0.783. The number of benzene rings is 1. The number of rotatable bonds is 6. The molecule has 0 saturated carbocycles. The second-order valence-electron chi connectivity index (χ2n) is 7.59. The van der Waals surface area contributed by atoms with Crippen LogP contribution in [0.4, 0.5) is 5.82 Å². The van der Waals surface area contributed by atoms with Crippen molar-refractivity contribution in [2.24, 2.45) is 0 Å².